The molecule has 0 radical (unpaired) electrons. The Kier molecular flexibility index (Phi) is 6.67. The van der Waals surface area contributed by atoms with Crippen LogP contribution in [0.4, 0.5) is 5.00 Å². The fourth-order valence-electron chi connectivity index (χ4n) is 4.26. The number of ether oxygens (including phenoxy) is 2. The van der Waals surface area contributed by atoms with Crippen LogP contribution in [0, 0.1) is 20.8 Å². The van der Waals surface area contributed by atoms with Crippen LogP contribution in [-0.2, 0) is 24.2 Å². The Hall–Kier alpha value is -2.64. The summed E-state index contributed by atoms with van der Waals surface area (Å²) in [4.78, 5) is 27.1. The zero-order valence-electron chi connectivity index (χ0n) is 18.8. The van der Waals surface area contributed by atoms with E-state index in [0.717, 1.165) is 53.7 Å². The van der Waals surface area contributed by atoms with E-state index in [9.17, 15) is 9.59 Å². The number of fused-ring (bicyclic) bond motifs is 1. The summed E-state index contributed by atoms with van der Waals surface area (Å²) in [7, 11) is 1.38. The molecule has 0 saturated heterocycles. The molecule has 0 saturated carbocycles. The van der Waals surface area contributed by atoms with Gasteiger partial charge in [0.1, 0.15) is 17.4 Å². The summed E-state index contributed by atoms with van der Waals surface area (Å²) in [5.41, 5.74) is 5.92. The van der Waals surface area contributed by atoms with Crippen molar-refractivity contribution in [2.24, 2.45) is 0 Å². The lowest BCUT2D eigenvalue weighted by Gasteiger charge is -2.12. The molecule has 7 heteroatoms. The normalized spacial score (nSPS) is 12.9. The van der Waals surface area contributed by atoms with Crippen LogP contribution in [0.2, 0.25) is 0 Å². The number of thiophene rings is 2. The number of carbonyl (C=O) groups is 2. The van der Waals surface area contributed by atoms with Crippen molar-refractivity contribution in [3.8, 4) is 5.75 Å². The molecule has 3 aromatic rings. The second kappa shape index (κ2) is 9.46. The van der Waals surface area contributed by atoms with E-state index in [1.54, 1.807) is 0 Å². The lowest BCUT2D eigenvalue weighted by Crippen LogP contribution is -2.14. The molecule has 1 aliphatic rings. The molecule has 1 aromatic carbocycles. The Morgan fingerprint density at radius 1 is 1.06 bits per heavy atom. The number of aryl methyl sites for hydroxylation is 4. The molecule has 0 unspecified atom stereocenters. The van der Waals surface area contributed by atoms with E-state index in [1.807, 2.05) is 25.3 Å². The molecule has 0 aliphatic heterocycles. The topological polar surface area (TPSA) is 64.6 Å². The molecular weight excluding hydrogens is 442 g/mol. The third-order valence-corrected chi connectivity index (χ3v) is 7.84. The van der Waals surface area contributed by atoms with Gasteiger partial charge in [0.15, 0.2) is 0 Å². The van der Waals surface area contributed by atoms with E-state index < -0.39 is 0 Å². The maximum Gasteiger partial charge on any atom is 0.341 e. The largest absolute Gasteiger partial charge is 0.488 e. The molecule has 0 atom stereocenters. The second-order valence-corrected chi connectivity index (χ2v) is 10.2. The number of nitrogens with one attached hydrogen (secondary N) is 1. The van der Waals surface area contributed by atoms with E-state index in [0.29, 0.717) is 22.0 Å². The van der Waals surface area contributed by atoms with Gasteiger partial charge in [-0.3, -0.25) is 4.79 Å². The van der Waals surface area contributed by atoms with Crippen LogP contribution in [0.5, 0.6) is 5.75 Å². The lowest BCUT2D eigenvalue weighted by molar-refractivity contribution is 0.0601. The Labute approximate surface area is 196 Å². The van der Waals surface area contributed by atoms with Gasteiger partial charge in [-0.15, -0.1) is 22.7 Å². The van der Waals surface area contributed by atoms with Crippen molar-refractivity contribution in [2.75, 3.05) is 12.4 Å². The Balaban J connectivity index is 1.48. The number of rotatable bonds is 6. The monoisotopic (exact) mass is 469 g/mol. The average molecular weight is 470 g/mol. The minimum absolute atomic E-state index is 0.215. The molecule has 168 valence electrons. The molecule has 2 aromatic heterocycles. The van der Waals surface area contributed by atoms with Crippen LogP contribution in [0.1, 0.15) is 65.6 Å². The summed E-state index contributed by atoms with van der Waals surface area (Å²) in [5.74, 6) is 0.288. The number of benzene rings is 1. The minimum Gasteiger partial charge on any atom is -0.488 e. The van der Waals surface area contributed by atoms with Gasteiger partial charge in [0.25, 0.3) is 5.91 Å². The lowest BCUT2D eigenvalue weighted by atomic mass is 9.95. The number of carbonyl (C=O) groups excluding carboxylic acids is 2. The van der Waals surface area contributed by atoms with Gasteiger partial charge in [0.2, 0.25) is 0 Å². The summed E-state index contributed by atoms with van der Waals surface area (Å²) < 4.78 is 11.1. The quantitative estimate of drug-likeness (QED) is 0.435. The maximum absolute atomic E-state index is 12.9. The highest BCUT2D eigenvalue weighted by molar-refractivity contribution is 7.17. The molecule has 0 spiro atoms. The first-order chi connectivity index (χ1) is 15.4. The molecule has 0 bridgehead atoms. The molecule has 1 amide bonds. The smallest absolute Gasteiger partial charge is 0.341 e. The van der Waals surface area contributed by atoms with Crippen LogP contribution in [0.15, 0.2) is 23.6 Å². The standard InChI is InChI=1S/C25H27NO4S2/c1-14-9-15(2)22(16(3)10-14)30-12-17-11-20(31-13-17)23(27)26-24-21(25(28)29-4)18-7-5-6-8-19(18)32-24/h9-11,13H,5-8,12H2,1-4H3,(H,26,27). The molecule has 5 nitrogen and oxygen atoms in total. The average Bonchev–Trinajstić information content (AvgIpc) is 3.37. The molecule has 1 N–H and O–H groups in total. The SMILES string of the molecule is COC(=O)c1c(NC(=O)c2cc(COc3c(C)cc(C)cc3C)cs2)sc2c1CCCC2. The first-order valence-electron chi connectivity index (χ1n) is 10.7. The summed E-state index contributed by atoms with van der Waals surface area (Å²) in [5, 5.41) is 5.49. The number of amides is 1. The van der Waals surface area contributed by atoms with E-state index >= 15 is 0 Å². The number of esters is 1. The molecule has 4 rings (SSSR count). The number of hydrogen-bond acceptors (Lipinski definition) is 6. The zero-order valence-corrected chi connectivity index (χ0v) is 20.4. The second-order valence-electron chi connectivity index (χ2n) is 8.20. The summed E-state index contributed by atoms with van der Waals surface area (Å²) in [6.45, 7) is 6.56. The van der Waals surface area contributed by atoms with Gasteiger partial charge < -0.3 is 14.8 Å². The minimum atomic E-state index is -0.385. The van der Waals surface area contributed by atoms with Gasteiger partial charge in [-0.05, 0) is 74.6 Å². The highest BCUT2D eigenvalue weighted by Crippen LogP contribution is 2.39. The van der Waals surface area contributed by atoms with Crippen molar-refractivity contribution in [1.29, 1.82) is 0 Å². The van der Waals surface area contributed by atoms with Crippen LogP contribution < -0.4 is 10.1 Å². The van der Waals surface area contributed by atoms with Gasteiger partial charge >= 0.3 is 5.97 Å². The fraction of sp³-hybridized carbons (Fsp3) is 0.360. The maximum atomic E-state index is 12.9. The molecule has 32 heavy (non-hydrogen) atoms. The van der Waals surface area contributed by atoms with Gasteiger partial charge in [0.05, 0.1) is 17.6 Å². The Morgan fingerprint density at radius 3 is 2.50 bits per heavy atom. The van der Waals surface area contributed by atoms with Crippen molar-refractivity contribution < 1.29 is 19.1 Å². The molecule has 0 fully saturated rings. The summed E-state index contributed by atoms with van der Waals surface area (Å²) in [6, 6.07) is 6.06. The van der Waals surface area contributed by atoms with E-state index in [1.165, 1.54) is 40.2 Å². The Bertz CT molecular complexity index is 1150. The first kappa shape index (κ1) is 22.6. The first-order valence-corrected chi connectivity index (χ1v) is 12.4. The highest BCUT2D eigenvalue weighted by atomic mass is 32.1. The van der Waals surface area contributed by atoms with E-state index in [2.05, 4.69) is 24.4 Å². The van der Waals surface area contributed by atoms with Gasteiger partial charge in [0, 0.05) is 10.4 Å². The third kappa shape index (κ3) is 4.59. The van der Waals surface area contributed by atoms with Gasteiger partial charge in [-0.25, -0.2) is 4.79 Å². The Morgan fingerprint density at radius 2 is 1.78 bits per heavy atom. The summed E-state index contributed by atoms with van der Waals surface area (Å²) in [6.07, 6.45) is 3.95. The van der Waals surface area contributed by atoms with Crippen LogP contribution in [-0.4, -0.2) is 19.0 Å². The zero-order chi connectivity index (χ0) is 22.8. The number of anilines is 1. The van der Waals surface area contributed by atoms with Crippen molar-refractivity contribution in [3.05, 3.63) is 66.7 Å². The molecular formula is C25H27NO4S2. The van der Waals surface area contributed by atoms with Crippen molar-refractivity contribution in [2.45, 2.75) is 53.1 Å². The van der Waals surface area contributed by atoms with E-state index in [-0.39, 0.29) is 11.9 Å². The summed E-state index contributed by atoms with van der Waals surface area (Å²) >= 11 is 2.87. The van der Waals surface area contributed by atoms with Gasteiger partial charge in [-0.1, -0.05) is 17.7 Å². The van der Waals surface area contributed by atoms with Crippen LogP contribution in [0.25, 0.3) is 0 Å². The number of methoxy groups -OCH3 is 1. The molecule has 1 aliphatic carbocycles. The third-order valence-electron chi connectivity index (χ3n) is 5.65. The van der Waals surface area contributed by atoms with E-state index in [4.69, 9.17) is 9.47 Å². The van der Waals surface area contributed by atoms with Crippen molar-refractivity contribution in [3.63, 3.8) is 0 Å². The van der Waals surface area contributed by atoms with Crippen molar-refractivity contribution in [1.82, 2.24) is 0 Å². The number of hydrogen-bond donors (Lipinski definition) is 1. The van der Waals surface area contributed by atoms with Crippen LogP contribution >= 0.6 is 22.7 Å². The predicted octanol–water partition coefficient (Wildman–Crippen LogP) is 6.23. The van der Waals surface area contributed by atoms with Crippen molar-refractivity contribution >= 4 is 39.6 Å². The van der Waals surface area contributed by atoms with Crippen LogP contribution in [0.3, 0.4) is 0 Å². The highest BCUT2D eigenvalue weighted by Gasteiger charge is 2.27. The van der Waals surface area contributed by atoms with Gasteiger partial charge in [-0.2, -0.15) is 0 Å². The fourth-order valence-corrected chi connectivity index (χ4v) is 6.32. The predicted molar refractivity (Wildman–Crippen MR) is 130 cm³/mol. The molecule has 2 heterocycles.